The molecular weight excluding hydrogens is 380 g/mol. The van der Waals surface area contributed by atoms with E-state index in [1.54, 1.807) is 57.8 Å². The van der Waals surface area contributed by atoms with Crippen molar-refractivity contribution in [1.29, 1.82) is 0 Å². The highest BCUT2D eigenvalue weighted by Crippen LogP contribution is 2.55. The Bertz CT molecular complexity index is 600. The van der Waals surface area contributed by atoms with Crippen molar-refractivity contribution < 1.29 is 0 Å². The normalized spacial score (nSPS) is 44.6. The third-order valence-corrected chi connectivity index (χ3v) is 10.9. The average Bonchev–Trinajstić information content (AvgIpc) is 3.50. The molecule has 168 valence electrons. The maximum absolute atomic E-state index is 4.33. The van der Waals surface area contributed by atoms with Gasteiger partial charge in [-0.1, -0.05) is 38.0 Å². The Morgan fingerprint density at radius 1 is 0.533 bits per heavy atom. The first kappa shape index (κ1) is 21.7. The molecule has 5 rings (SSSR count). The molecule has 0 nitrogen and oxygen atoms in total. The third kappa shape index (κ3) is 4.65. The maximum atomic E-state index is 4.33. The highest BCUT2D eigenvalue weighted by Gasteiger charge is 2.45. The van der Waals surface area contributed by atoms with Gasteiger partial charge in [-0.25, -0.2) is 0 Å². The van der Waals surface area contributed by atoms with Crippen LogP contribution in [0.5, 0.6) is 0 Å². The number of hydrogen-bond donors (Lipinski definition) is 1. The largest absolute Gasteiger partial charge is 0.178 e. The molecule has 0 heterocycles. The molecular formula is C29H46S. The van der Waals surface area contributed by atoms with Crippen LogP contribution in [0.25, 0.3) is 0 Å². The van der Waals surface area contributed by atoms with Crippen LogP contribution in [0, 0.1) is 65.1 Å². The lowest BCUT2D eigenvalue weighted by molar-refractivity contribution is 0.0511. The Morgan fingerprint density at radius 3 is 1.90 bits per heavy atom. The van der Waals surface area contributed by atoms with E-state index < -0.39 is 0 Å². The monoisotopic (exact) mass is 426 g/mol. The highest BCUT2D eigenvalue weighted by atomic mass is 32.1. The SMILES string of the molecule is SCCC#CC1CCCC1C1CCC(C2CCC(C3CCC3C3CCCC3)C2)CC1. The van der Waals surface area contributed by atoms with Crippen LogP contribution in [0.2, 0.25) is 0 Å². The number of thiol groups is 1. The Morgan fingerprint density at radius 2 is 1.17 bits per heavy atom. The van der Waals surface area contributed by atoms with Crippen molar-refractivity contribution in [2.24, 2.45) is 53.3 Å². The molecule has 0 aromatic rings. The van der Waals surface area contributed by atoms with Crippen LogP contribution in [0.4, 0.5) is 0 Å². The zero-order valence-electron chi connectivity index (χ0n) is 19.4. The van der Waals surface area contributed by atoms with Gasteiger partial charge in [0.1, 0.15) is 0 Å². The number of hydrogen-bond acceptors (Lipinski definition) is 1. The molecule has 0 N–H and O–H groups in total. The quantitative estimate of drug-likeness (QED) is 0.332. The van der Waals surface area contributed by atoms with Gasteiger partial charge in [0, 0.05) is 18.1 Å². The van der Waals surface area contributed by atoms with Gasteiger partial charge in [0.15, 0.2) is 0 Å². The van der Waals surface area contributed by atoms with Gasteiger partial charge in [-0.15, -0.1) is 5.92 Å². The molecule has 0 aromatic heterocycles. The van der Waals surface area contributed by atoms with E-state index in [1.807, 2.05) is 0 Å². The van der Waals surface area contributed by atoms with Crippen molar-refractivity contribution in [1.82, 2.24) is 0 Å². The average molecular weight is 427 g/mol. The summed E-state index contributed by atoms with van der Waals surface area (Å²) in [6.07, 6.45) is 25.5. The van der Waals surface area contributed by atoms with E-state index in [-0.39, 0.29) is 0 Å². The van der Waals surface area contributed by atoms with Crippen LogP contribution in [0.15, 0.2) is 0 Å². The Kier molecular flexibility index (Phi) is 7.42. The topological polar surface area (TPSA) is 0 Å². The molecule has 30 heavy (non-hydrogen) atoms. The van der Waals surface area contributed by atoms with E-state index in [0.717, 1.165) is 59.5 Å². The van der Waals surface area contributed by atoms with Gasteiger partial charge >= 0.3 is 0 Å². The summed E-state index contributed by atoms with van der Waals surface area (Å²) in [6.45, 7) is 0. The molecule has 0 amide bonds. The molecule has 5 aliphatic rings. The van der Waals surface area contributed by atoms with Crippen molar-refractivity contribution in [2.45, 2.75) is 109 Å². The third-order valence-electron chi connectivity index (χ3n) is 10.7. The van der Waals surface area contributed by atoms with E-state index in [4.69, 9.17) is 0 Å². The first-order valence-electron chi connectivity index (χ1n) is 13.9. The summed E-state index contributed by atoms with van der Waals surface area (Å²) < 4.78 is 0. The van der Waals surface area contributed by atoms with Gasteiger partial charge in [-0.2, -0.15) is 12.6 Å². The van der Waals surface area contributed by atoms with Crippen LogP contribution in [-0.2, 0) is 0 Å². The molecule has 1 heteroatoms. The van der Waals surface area contributed by atoms with Crippen molar-refractivity contribution in [3.63, 3.8) is 0 Å². The first-order chi connectivity index (χ1) is 14.8. The van der Waals surface area contributed by atoms with Crippen molar-refractivity contribution in [3.05, 3.63) is 0 Å². The molecule has 0 radical (unpaired) electrons. The Hall–Kier alpha value is -0.0900. The second kappa shape index (κ2) is 10.2. The van der Waals surface area contributed by atoms with Crippen LogP contribution in [0.3, 0.4) is 0 Å². The van der Waals surface area contributed by atoms with Gasteiger partial charge < -0.3 is 0 Å². The minimum Gasteiger partial charge on any atom is -0.178 e. The molecule has 0 saturated heterocycles. The second-order valence-corrected chi connectivity index (χ2v) is 12.4. The molecule has 5 saturated carbocycles. The minimum atomic E-state index is 0.716. The van der Waals surface area contributed by atoms with E-state index in [1.165, 1.54) is 44.9 Å². The molecule has 0 aliphatic heterocycles. The van der Waals surface area contributed by atoms with E-state index in [2.05, 4.69) is 24.5 Å². The van der Waals surface area contributed by atoms with Gasteiger partial charge in [-0.3, -0.25) is 0 Å². The fraction of sp³-hybridized carbons (Fsp3) is 0.931. The summed E-state index contributed by atoms with van der Waals surface area (Å²) in [5.41, 5.74) is 0. The van der Waals surface area contributed by atoms with Crippen LogP contribution >= 0.6 is 12.6 Å². The van der Waals surface area contributed by atoms with Crippen LogP contribution in [0.1, 0.15) is 109 Å². The Labute approximate surface area is 192 Å². The Balaban J connectivity index is 1.09. The minimum absolute atomic E-state index is 0.716. The van der Waals surface area contributed by atoms with E-state index in [9.17, 15) is 0 Å². The molecule has 0 bridgehead atoms. The number of rotatable bonds is 5. The zero-order valence-corrected chi connectivity index (χ0v) is 20.3. The van der Waals surface area contributed by atoms with Crippen molar-refractivity contribution in [2.75, 3.05) is 5.75 Å². The zero-order chi connectivity index (χ0) is 20.3. The van der Waals surface area contributed by atoms with E-state index in [0.29, 0.717) is 5.92 Å². The molecule has 5 aliphatic carbocycles. The van der Waals surface area contributed by atoms with Crippen molar-refractivity contribution >= 4 is 12.6 Å². The van der Waals surface area contributed by atoms with Crippen LogP contribution in [-0.4, -0.2) is 5.75 Å². The second-order valence-electron chi connectivity index (χ2n) is 12.0. The summed E-state index contributed by atoms with van der Waals surface area (Å²) in [5.74, 6) is 17.3. The summed E-state index contributed by atoms with van der Waals surface area (Å²) in [5, 5.41) is 0. The van der Waals surface area contributed by atoms with Crippen LogP contribution < -0.4 is 0 Å². The maximum Gasteiger partial charge on any atom is 0.0233 e. The predicted molar refractivity (Wildman–Crippen MR) is 132 cm³/mol. The molecule has 5 fully saturated rings. The smallest absolute Gasteiger partial charge is 0.0233 e. The fourth-order valence-corrected chi connectivity index (χ4v) is 9.13. The van der Waals surface area contributed by atoms with E-state index >= 15 is 0 Å². The lowest BCUT2D eigenvalue weighted by atomic mass is 9.61. The van der Waals surface area contributed by atoms with Gasteiger partial charge in [0.05, 0.1) is 0 Å². The summed E-state index contributed by atoms with van der Waals surface area (Å²) in [4.78, 5) is 0. The lowest BCUT2D eigenvalue weighted by Gasteiger charge is -2.45. The molecule has 0 aromatic carbocycles. The summed E-state index contributed by atoms with van der Waals surface area (Å²) in [6, 6.07) is 0. The molecule has 6 atom stereocenters. The molecule has 0 spiro atoms. The first-order valence-corrected chi connectivity index (χ1v) is 14.6. The van der Waals surface area contributed by atoms with Gasteiger partial charge in [0.2, 0.25) is 0 Å². The van der Waals surface area contributed by atoms with Gasteiger partial charge in [0.25, 0.3) is 0 Å². The van der Waals surface area contributed by atoms with Gasteiger partial charge in [-0.05, 0) is 118 Å². The standard InChI is InChI=1S/C29H46S/c30-19-4-3-8-22-9-5-10-27(22)24-13-11-21(12-14-24)25-15-16-26(20-25)29-18-17-28(29)23-6-1-2-7-23/h21-30H,1-2,4-7,9-20H2. The summed E-state index contributed by atoms with van der Waals surface area (Å²) in [7, 11) is 0. The predicted octanol–water partition coefficient (Wildman–Crippen LogP) is 8.17. The summed E-state index contributed by atoms with van der Waals surface area (Å²) >= 11 is 4.33. The fourth-order valence-electron chi connectivity index (χ4n) is 9.01. The molecule has 6 unspecified atom stereocenters. The lowest BCUT2D eigenvalue weighted by Crippen LogP contribution is -2.36. The van der Waals surface area contributed by atoms with Crippen molar-refractivity contribution in [3.8, 4) is 11.8 Å². The highest BCUT2D eigenvalue weighted by molar-refractivity contribution is 7.80.